The molecule has 1 atom stereocenters. The van der Waals surface area contributed by atoms with Crippen molar-refractivity contribution in [1.82, 2.24) is 0 Å². The summed E-state index contributed by atoms with van der Waals surface area (Å²) in [5, 5.41) is 8.62. The van der Waals surface area contributed by atoms with Crippen molar-refractivity contribution in [2.24, 2.45) is 5.92 Å². The highest BCUT2D eigenvalue weighted by Crippen LogP contribution is 2.07. The molecular weight excluding hydrogens is 132 g/mol. The fourth-order valence-corrected chi connectivity index (χ4v) is 1.44. The highest BCUT2D eigenvalue weighted by molar-refractivity contribution is 7.99. The zero-order chi connectivity index (χ0) is 7.11. The number of hydrogen-bond acceptors (Lipinski definition) is 2. The van der Waals surface area contributed by atoms with Gasteiger partial charge in [-0.2, -0.15) is 11.8 Å². The van der Waals surface area contributed by atoms with Gasteiger partial charge in [0.05, 0.1) is 0 Å². The van der Waals surface area contributed by atoms with Gasteiger partial charge in [0.15, 0.2) is 0 Å². The second kappa shape index (κ2) is 6.43. The zero-order valence-corrected chi connectivity index (χ0v) is 7.08. The van der Waals surface area contributed by atoms with E-state index in [1.54, 1.807) is 0 Å². The van der Waals surface area contributed by atoms with Gasteiger partial charge in [0.2, 0.25) is 0 Å². The van der Waals surface area contributed by atoms with Crippen LogP contribution in [-0.2, 0) is 0 Å². The fraction of sp³-hybridized carbons (Fsp3) is 1.00. The summed E-state index contributed by atoms with van der Waals surface area (Å²) in [7, 11) is 0. The summed E-state index contributed by atoms with van der Waals surface area (Å²) in [6.45, 7) is 4.58. The number of aliphatic hydroxyl groups is 1. The second-order valence-corrected chi connectivity index (χ2v) is 3.51. The Morgan fingerprint density at radius 3 is 2.67 bits per heavy atom. The van der Waals surface area contributed by atoms with Crippen LogP contribution in [0.25, 0.3) is 0 Å². The SMILES string of the molecule is CCCSCC(C)CO. The Bertz CT molecular complexity index is 56.9. The maximum absolute atomic E-state index is 8.62. The molecule has 0 aliphatic rings. The summed E-state index contributed by atoms with van der Waals surface area (Å²) >= 11 is 1.93. The van der Waals surface area contributed by atoms with Gasteiger partial charge in [0.1, 0.15) is 0 Å². The van der Waals surface area contributed by atoms with Gasteiger partial charge in [-0.3, -0.25) is 0 Å². The predicted molar refractivity (Wildman–Crippen MR) is 43.9 cm³/mol. The monoisotopic (exact) mass is 148 g/mol. The van der Waals surface area contributed by atoms with E-state index in [0.717, 1.165) is 5.75 Å². The maximum Gasteiger partial charge on any atom is 0.0464 e. The van der Waals surface area contributed by atoms with Crippen molar-refractivity contribution in [2.45, 2.75) is 20.3 Å². The zero-order valence-electron chi connectivity index (χ0n) is 6.26. The lowest BCUT2D eigenvalue weighted by atomic mass is 10.2. The molecule has 1 unspecified atom stereocenters. The summed E-state index contributed by atoms with van der Waals surface area (Å²) in [5.74, 6) is 2.80. The second-order valence-electron chi connectivity index (χ2n) is 2.36. The predicted octanol–water partition coefficient (Wildman–Crippen LogP) is 1.76. The molecule has 0 saturated carbocycles. The quantitative estimate of drug-likeness (QED) is 0.599. The molecule has 0 saturated heterocycles. The first-order chi connectivity index (χ1) is 4.31. The Morgan fingerprint density at radius 2 is 2.22 bits per heavy atom. The Morgan fingerprint density at radius 1 is 1.56 bits per heavy atom. The van der Waals surface area contributed by atoms with Crippen LogP contribution in [0.4, 0.5) is 0 Å². The number of thioether (sulfide) groups is 1. The van der Waals surface area contributed by atoms with Crippen LogP contribution in [0.1, 0.15) is 20.3 Å². The summed E-state index contributed by atoms with van der Waals surface area (Å²) in [6.07, 6.45) is 1.24. The third kappa shape index (κ3) is 6.19. The van der Waals surface area contributed by atoms with E-state index >= 15 is 0 Å². The van der Waals surface area contributed by atoms with E-state index < -0.39 is 0 Å². The van der Waals surface area contributed by atoms with Crippen LogP contribution in [0.15, 0.2) is 0 Å². The van der Waals surface area contributed by atoms with E-state index in [2.05, 4.69) is 13.8 Å². The first kappa shape index (κ1) is 9.31. The lowest BCUT2D eigenvalue weighted by molar-refractivity contribution is 0.250. The van der Waals surface area contributed by atoms with E-state index in [-0.39, 0.29) is 0 Å². The minimum atomic E-state index is 0.330. The van der Waals surface area contributed by atoms with E-state index in [4.69, 9.17) is 5.11 Å². The molecule has 2 heteroatoms. The van der Waals surface area contributed by atoms with Crippen molar-refractivity contribution >= 4 is 11.8 Å². The summed E-state index contributed by atoms with van der Waals surface area (Å²) < 4.78 is 0. The van der Waals surface area contributed by atoms with Gasteiger partial charge in [-0.05, 0) is 23.8 Å². The van der Waals surface area contributed by atoms with Crippen LogP contribution in [0.3, 0.4) is 0 Å². The number of hydrogen-bond donors (Lipinski definition) is 1. The molecule has 0 radical (unpaired) electrons. The van der Waals surface area contributed by atoms with E-state index in [9.17, 15) is 0 Å². The van der Waals surface area contributed by atoms with Crippen molar-refractivity contribution < 1.29 is 5.11 Å². The summed E-state index contributed by atoms with van der Waals surface area (Å²) in [5.41, 5.74) is 0. The largest absolute Gasteiger partial charge is 0.396 e. The molecule has 0 spiro atoms. The van der Waals surface area contributed by atoms with Crippen molar-refractivity contribution in [1.29, 1.82) is 0 Å². The molecule has 1 N–H and O–H groups in total. The topological polar surface area (TPSA) is 20.2 Å². The van der Waals surface area contributed by atoms with Crippen LogP contribution < -0.4 is 0 Å². The third-order valence-electron chi connectivity index (χ3n) is 1.06. The van der Waals surface area contributed by atoms with Crippen molar-refractivity contribution in [2.75, 3.05) is 18.1 Å². The van der Waals surface area contributed by atoms with Gasteiger partial charge in [0.25, 0.3) is 0 Å². The third-order valence-corrected chi connectivity index (χ3v) is 2.56. The van der Waals surface area contributed by atoms with Gasteiger partial charge in [-0.25, -0.2) is 0 Å². The maximum atomic E-state index is 8.62. The average Bonchev–Trinajstić information content (AvgIpc) is 1.89. The van der Waals surface area contributed by atoms with Gasteiger partial charge < -0.3 is 5.11 Å². The molecule has 1 nitrogen and oxygen atoms in total. The Hall–Kier alpha value is 0.310. The molecule has 0 fully saturated rings. The summed E-state index contributed by atoms with van der Waals surface area (Å²) in [4.78, 5) is 0. The minimum Gasteiger partial charge on any atom is -0.396 e. The van der Waals surface area contributed by atoms with Crippen molar-refractivity contribution in [3.63, 3.8) is 0 Å². The van der Waals surface area contributed by atoms with Crippen LogP contribution in [0.2, 0.25) is 0 Å². The first-order valence-corrected chi connectivity index (χ1v) is 4.65. The normalized spacial score (nSPS) is 13.7. The molecule has 9 heavy (non-hydrogen) atoms. The van der Waals surface area contributed by atoms with E-state index in [1.165, 1.54) is 12.2 Å². The highest BCUT2D eigenvalue weighted by atomic mass is 32.2. The molecule has 0 aliphatic carbocycles. The van der Waals surface area contributed by atoms with Gasteiger partial charge in [-0.15, -0.1) is 0 Å². The molecule has 56 valence electrons. The highest BCUT2D eigenvalue weighted by Gasteiger charge is 1.97. The first-order valence-electron chi connectivity index (χ1n) is 3.49. The number of rotatable bonds is 5. The standard InChI is InChI=1S/C7H16OS/c1-3-4-9-6-7(2)5-8/h7-8H,3-6H2,1-2H3. The van der Waals surface area contributed by atoms with E-state index in [1.807, 2.05) is 11.8 Å². The molecule has 0 aromatic rings. The molecule has 0 aliphatic heterocycles. The average molecular weight is 148 g/mol. The van der Waals surface area contributed by atoms with Crippen molar-refractivity contribution in [3.05, 3.63) is 0 Å². The molecule has 0 bridgehead atoms. The molecule has 0 heterocycles. The molecule has 0 aromatic heterocycles. The fourth-order valence-electron chi connectivity index (χ4n) is 0.482. The van der Waals surface area contributed by atoms with Gasteiger partial charge >= 0.3 is 0 Å². The molecular formula is C7H16OS. The van der Waals surface area contributed by atoms with Crippen LogP contribution in [-0.4, -0.2) is 23.2 Å². The lowest BCUT2D eigenvalue weighted by Crippen LogP contribution is -2.03. The van der Waals surface area contributed by atoms with Crippen LogP contribution in [0, 0.1) is 5.92 Å². The molecule has 0 amide bonds. The lowest BCUT2D eigenvalue weighted by Gasteiger charge is -2.04. The van der Waals surface area contributed by atoms with Gasteiger partial charge in [-0.1, -0.05) is 13.8 Å². The van der Waals surface area contributed by atoms with Crippen LogP contribution >= 0.6 is 11.8 Å². The number of aliphatic hydroxyl groups excluding tert-OH is 1. The Labute approximate surface area is 61.8 Å². The summed E-state index contributed by atoms with van der Waals surface area (Å²) in [6, 6.07) is 0. The Kier molecular flexibility index (Phi) is 6.65. The molecule has 0 rings (SSSR count). The smallest absolute Gasteiger partial charge is 0.0464 e. The minimum absolute atomic E-state index is 0.330. The molecule has 0 aromatic carbocycles. The van der Waals surface area contributed by atoms with E-state index in [0.29, 0.717) is 12.5 Å². The van der Waals surface area contributed by atoms with Gasteiger partial charge in [0, 0.05) is 6.61 Å². The van der Waals surface area contributed by atoms with Crippen LogP contribution in [0.5, 0.6) is 0 Å². The Balaban J connectivity index is 2.88. The van der Waals surface area contributed by atoms with Crippen molar-refractivity contribution in [3.8, 4) is 0 Å².